The van der Waals surface area contributed by atoms with E-state index in [0.717, 1.165) is 5.01 Å². The molecule has 2 aromatic carbocycles. The second-order valence-electron chi connectivity index (χ2n) is 5.64. The Morgan fingerprint density at radius 3 is 2.59 bits per heavy atom. The molecule has 2 aromatic rings. The van der Waals surface area contributed by atoms with Gasteiger partial charge in [0.1, 0.15) is 11.5 Å². The Balaban J connectivity index is 1.72. The number of rotatable bonds is 6. The number of non-ortho nitro benzene ring substituents is 1. The number of carbonyl (C=O) groups excluding carboxylic acids is 1. The maximum atomic E-state index is 11.9. The summed E-state index contributed by atoms with van der Waals surface area (Å²) in [5.74, 6) is 1.11. The molecular formula is C18H17N3O6. The van der Waals surface area contributed by atoms with Crippen LogP contribution in [0.15, 0.2) is 53.6 Å². The number of hydrogen-bond donors (Lipinski definition) is 0. The molecule has 0 saturated carbocycles. The highest BCUT2D eigenvalue weighted by molar-refractivity contribution is 5.83. The summed E-state index contributed by atoms with van der Waals surface area (Å²) in [6.07, 6.45) is -0.878. The Morgan fingerprint density at radius 1 is 1.26 bits per heavy atom. The average molecular weight is 371 g/mol. The van der Waals surface area contributed by atoms with E-state index in [1.54, 1.807) is 37.4 Å². The van der Waals surface area contributed by atoms with E-state index < -0.39 is 11.2 Å². The van der Waals surface area contributed by atoms with Crippen LogP contribution in [0.2, 0.25) is 0 Å². The molecule has 1 aliphatic heterocycles. The Labute approximate surface area is 154 Å². The maximum Gasteiger partial charge on any atom is 0.269 e. The Hall–Kier alpha value is -3.62. The predicted octanol–water partition coefficient (Wildman–Crippen LogP) is 2.87. The van der Waals surface area contributed by atoms with Gasteiger partial charge in [-0.15, -0.1) is 5.10 Å². The molecule has 1 aliphatic rings. The Kier molecular flexibility index (Phi) is 5.20. The summed E-state index contributed by atoms with van der Waals surface area (Å²) < 4.78 is 16.4. The molecule has 9 heteroatoms. The van der Waals surface area contributed by atoms with Crippen molar-refractivity contribution in [1.29, 1.82) is 0 Å². The van der Waals surface area contributed by atoms with E-state index in [0.29, 0.717) is 17.1 Å². The number of benzene rings is 2. The normalized spacial score (nSPS) is 15.7. The second-order valence-corrected chi connectivity index (χ2v) is 5.64. The minimum Gasteiger partial charge on any atom is -0.497 e. The van der Waals surface area contributed by atoms with Crippen LogP contribution in [-0.4, -0.2) is 35.5 Å². The zero-order valence-corrected chi connectivity index (χ0v) is 14.7. The Morgan fingerprint density at radius 2 is 1.96 bits per heavy atom. The highest BCUT2D eigenvalue weighted by atomic mass is 16.6. The summed E-state index contributed by atoms with van der Waals surface area (Å²) in [6.45, 7) is 1.34. The van der Waals surface area contributed by atoms with Gasteiger partial charge in [0.25, 0.3) is 5.69 Å². The monoisotopic (exact) mass is 371 g/mol. The molecular weight excluding hydrogens is 354 g/mol. The SMILES string of the molecule is COc1ccc(OCC2=NN(C(C)=O)[C@H](c3cccc([N+](=O)[O-])c3)O2)cc1. The smallest absolute Gasteiger partial charge is 0.269 e. The number of nitro benzene ring substituents is 1. The number of hydrogen-bond acceptors (Lipinski definition) is 7. The van der Waals surface area contributed by atoms with Crippen molar-refractivity contribution in [2.45, 2.75) is 13.2 Å². The third-order valence-electron chi connectivity index (χ3n) is 3.80. The van der Waals surface area contributed by atoms with E-state index >= 15 is 0 Å². The summed E-state index contributed by atoms with van der Waals surface area (Å²) in [4.78, 5) is 22.4. The highest BCUT2D eigenvalue weighted by Crippen LogP contribution is 2.30. The van der Waals surface area contributed by atoms with E-state index in [1.165, 1.54) is 25.1 Å². The molecule has 9 nitrogen and oxygen atoms in total. The first-order valence-electron chi connectivity index (χ1n) is 8.03. The molecule has 0 aliphatic carbocycles. The lowest BCUT2D eigenvalue weighted by Gasteiger charge is -2.19. The molecule has 0 unspecified atom stereocenters. The molecule has 1 atom stereocenters. The van der Waals surface area contributed by atoms with Crippen LogP contribution in [0.1, 0.15) is 18.7 Å². The molecule has 0 fully saturated rings. The zero-order chi connectivity index (χ0) is 19.4. The van der Waals surface area contributed by atoms with Gasteiger partial charge in [0.15, 0.2) is 6.61 Å². The summed E-state index contributed by atoms with van der Waals surface area (Å²) in [7, 11) is 1.57. The molecule has 3 rings (SSSR count). The summed E-state index contributed by atoms with van der Waals surface area (Å²) in [5.41, 5.74) is 0.352. The number of methoxy groups -OCH3 is 1. The zero-order valence-electron chi connectivity index (χ0n) is 14.7. The van der Waals surface area contributed by atoms with E-state index in [4.69, 9.17) is 14.2 Å². The number of carbonyl (C=O) groups is 1. The summed E-state index contributed by atoms with van der Waals surface area (Å²) in [5, 5.41) is 16.2. The topological polar surface area (TPSA) is 104 Å². The van der Waals surface area contributed by atoms with Gasteiger partial charge in [-0.2, -0.15) is 5.01 Å². The first kappa shape index (κ1) is 18.2. The van der Waals surface area contributed by atoms with Crippen molar-refractivity contribution in [3.8, 4) is 11.5 Å². The fourth-order valence-electron chi connectivity index (χ4n) is 2.49. The van der Waals surface area contributed by atoms with Gasteiger partial charge in [-0.25, -0.2) is 0 Å². The van der Waals surface area contributed by atoms with Gasteiger partial charge in [0.2, 0.25) is 18.0 Å². The maximum absolute atomic E-state index is 11.9. The fourth-order valence-corrected chi connectivity index (χ4v) is 2.49. The van der Waals surface area contributed by atoms with E-state index in [2.05, 4.69) is 5.10 Å². The molecule has 27 heavy (non-hydrogen) atoms. The van der Waals surface area contributed by atoms with Crippen molar-refractivity contribution >= 4 is 17.5 Å². The standard InChI is InChI=1S/C18H17N3O6/c1-12(22)20-18(13-4-3-5-14(10-13)21(23)24)27-17(19-20)11-26-16-8-6-15(25-2)7-9-16/h3-10,18H,11H2,1-2H3/t18-/m0/s1. The number of nitro groups is 1. The van der Waals surface area contributed by atoms with Crippen molar-refractivity contribution in [1.82, 2.24) is 5.01 Å². The first-order valence-corrected chi connectivity index (χ1v) is 8.03. The van der Waals surface area contributed by atoms with E-state index in [1.807, 2.05) is 0 Å². The van der Waals surface area contributed by atoms with Gasteiger partial charge in [0, 0.05) is 24.6 Å². The van der Waals surface area contributed by atoms with Crippen LogP contribution in [0, 0.1) is 10.1 Å². The van der Waals surface area contributed by atoms with Gasteiger partial charge in [-0.1, -0.05) is 12.1 Å². The van der Waals surface area contributed by atoms with Gasteiger partial charge >= 0.3 is 0 Å². The highest BCUT2D eigenvalue weighted by Gasteiger charge is 2.33. The van der Waals surface area contributed by atoms with Crippen molar-refractivity contribution in [3.63, 3.8) is 0 Å². The molecule has 140 valence electrons. The van der Waals surface area contributed by atoms with Gasteiger partial charge in [-0.3, -0.25) is 14.9 Å². The molecule has 0 bridgehead atoms. The molecule has 0 aromatic heterocycles. The van der Waals surface area contributed by atoms with Crippen LogP contribution in [0.4, 0.5) is 5.69 Å². The average Bonchev–Trinajstić information content (AvgIpc) is 3.11. The molecule has 1 heterocycles. The summed E-state index contributed by atoms with van der Waals surface area (Å²) >= 11 is 0. The minimum atomic E-state index is -0.878. The van der Waals surface area contributed by atoms with Crippen molar-refractivity contribution in [2.75, 3.05) is 13.7 Å². The van der Waals surface area contributed by atoms with Crippen LogP contribution in [0.25, 0.3) is 0 Å². The van der Waals surface area contributed by atoms with E-state index in [-0.39, 0.29) is 24.1 Å². The third kappa shape index (κ3) is 4.14. The lowest BCUT2D eigenvalue weighted by atomic mass is 10.1. The van der Waals surface area contributed by atoms with Crippen molar-refractivity contribution in [3.05, 3.63) is 64.2 Å². The lowest BCUT2D eigenvalue weighted by Crippen LogP contribution is -2.25. The van der Waals surface area contributed by atoms with Crippen LogP contribution >= 0.6 is 0 Å². The number of amides is 1. The second kappa shape index (κ2) is 7.73. The minimum absolute atomic E-state index is 0.00152. The molecule has 1 amide bonds. The van der Waals surface area contributed by atoms with Crippen LogP contribution < -0.4 is 9.47 Å². The summed E-state index contributed by atoms with van der Waals surface area (Å²) in [6, 6.07) is 12.8. The third-order valence-corrected chi connectivity index (χ3v) is 3.80. The van der Waals surface area contributed by atoms with Crippen LogP contribution in [0.3, 0.4) is 0 Å². The first-order chi connectivity index (χ1) is 13.0. The number of hydrazone groups is 1. The molecule has 0 radical (unpaired) electrons. The predicted molar refractivity (Wildman–Crippen MR) is 95.4 cm³/mol. The van der Waals surface area contributed by atoms with Crippen LogP contribution in [0.5, 0.6) is 11.5 Å². The number of ether oxygens (including phenoxy) is 3. The lowest BCUT2D eigenvalue weighted by molar-refractivity contribution is -0.385. The van der Waals surface area contributed by atoms with Crippen molar-refractivity contribution in [2.24, 2.45) is 5.10 Å². The quantitative estimate of drug-likeness (QED) is 0.571. The number of nitrogens with zero attached hydrogens (tertiary/aromatic N) is 3. The van der Waals surface area contributed by atoms with E-state index in [9.17, 15) is 14.9 Å². The largest absolute Gasteiger partial charge is 0.497 e. The molecule has 0 N–H and O–H groups in total. The molecule has 0 spiro atoms. The molecule has 0 saturated heterocycles. The van der Waals surface area contributed by atoms with Gasteiger partial charge in [-0.05, 0) is 24.3 Å². The van der Waals surface area contributed by atoms with Gasteiger partial charge < -0.3 is 14.2 Å². The fraction of sp³-hybridized carbons (Fsp3) is 0.222. The Bertz CT molecular complexity index is 881. The van der Waals surface area contributed by atoms with Crippen molar-refractivity contribution < 1.29 is 23.9 Å². The van der Waals surface area contributed by atoms with Gasteiger partial charge in [0.05, 0.1) is 12.0 Å². The van der Waals surface area contributed by atoms with Crippen LogP contribution in [-0.2, 0) is 9.53 Å².